The van der Waals surface area contributed by atoms with Crippen molar-refractivity contribution in [1.82, 2.24) is 5.32 Å². The van der Waals surface area contributed by atoms with Crippen LogP contribution >= 0.6 is 0 Å². The lowest BCUT2D eigenvalue weighted by atomic mass is 9.70. The SMILES string of the molecule is CCC(NC1CCC(C)(C)CC1C)C1CCCCC1. The third-order valence-corrected chi connectivity index (χ3v) is 5.78. The zero-order chi connectivity index (χ0) is 13.9. The smallest absolute Gasteiger partial charge is 0.00957 e. The Morgan fingerprint density at radius 1 is 1.11 bits per heavy atom. The fourth-order valence-electron chi connectivity index (χ4n) is 4.59. The third-order valence-electron chi connectivity index (χ3n) is 5.78. The maximum atomic E-state index is 4.06. The van der Waals surface area contributed by atoms with Gasteiger partial charge >= 0.3 is 0 Å². The topological polar surface area (TPSA) is 12.0 Å². The summed E-state index contributed by atoms with van der Waals surface area (Å²) in [7, 11) is 0. The molecule has 0 spiro atoms. The summed E-state index contributed by atoms with van der Waals surface area (Å²) >= 11 is 0. The highest BCUT2D eigenvalue weighted by molar-refractivity contribution is 4.90. The normalized spacial score (nSPS) is 34.1. The van der Waals surface area contributed by atoms with Crippen LogP contribution in [0.1, 0.15) is 85.5 Å². The van der Waals surface area contributed by atoms with Crippen LogP contribution in [0.4, 0.5) is 0 Å². The van der Waals surface area contributed by atoms with Crippen LogP contribution in [0.5, 0.6) is 0 Å². The van der Waals surface area contributed by atoms with Crippen LogP contribution in [0.2, 0.25) is 0 Å². The molecule has 0 aromatic carbocycles. The molecule has 19 heavy (non-hydrogen) atoms. The van der Waals surface area contributed by atoms with Gasteiger partial charge < -0.3 is 5.32 Å². The van der Waals surface area contributed by atoms with Crippen LogP contribution in [-0.2, 0) is 0 Å². The molecule has 0 radical (unpaired) electrons. The van der Waals surface area contributed by atoms with Gasteiger partial charge in [-0.15, -0.1) is 0 Å². The highest BCUT2D eigenvalue weighted by Gasteiger charge is 2.34. The Balaban J connectivity index is 1.87. The Labute approximate surface area is 120 Å². The lowest BCUT2D eigenvalue weighted by Gasteiger charge is -2.42. The predicted molar refractivity (Wildman–Crippen MR) is 84.4 cm³/mol. The Morgan fingerprint density at radius 3 is 2.37 bits per heavy atom. The molecule has 0 aromatic heterocycles. The van der Waals surface area contributed by atoms with E-state index in [1.807, 2.05) is 0 Å². The van der Waals surface area contributed by atoms with E-state index in [0.29, 0.717) is 5.41 Å². The van der Waals surface area contributed by atoms with Crippen molar-refractivity contribution < 1.29 is 0 Å². The summed E-state index contributed by atoms with van der Waals surface area (Å²) in [6, 6.07) is 1.56. The van der Waals surface area contributed by atoms with Gasteiger partial charge in [0.15, 0.2) is 0 Å². The Bertz CT molecular complexity index is 265. The first kappa shape index (κ1) is 15.4. The van der Waals surface area contributed by atoms with Crippen molar-refractivity contribution in [3.63, 3.8) is 0 Å². The molecule has 2 rings (SSSR count). The second kappa shape index (κ2) is 6.61. The minimum Gasteiger partial charge on any atom is -0.311 e. The van der Waals surface area contributed by atoms with Gasteiger partial charge in [0.05, 0.1) is 0 Å². The lowest BCUT2D eigenvalue weighted by molar-refractivity contribution is 0.126. The van der Waals surface area contributed by atoms with Crippen molar-refractivity contribution >= 4 is 0 Å². The van der Waals surface area contributed by atoms with Crippen LogP contribution in [0.3, 0.4) is 0 Å². The minimum atomic E-state index is 0.574. The van der Waals surface area contributed by atoms with E-state index in [2.05, 4.69) is 33.0 Å². The van der Waals surface area contributed by atoms with Crippen LogP contribution in [0.15, 0.2) is 0 Å². The molecule has 2 aliphatic rings. The maximum Gasteiger partial charge on any atom is 0.00957 e. The van der Waals surface area contributed by atoms with Gasteiger partial charge in [-0.3, -0.25) is 0 Å². The molecule has 1 heteroatoms. The highest BCUT2D eigenvalue weighted by atomic mass is 15.0. The Morgan fingerprint density at radius 2 is 1.79 bits per heavy atom. The lowest BCUT2D eigenvalue weighted by Crippen LogP contribution is -2.49. The molecule has 0 bridgehead atoms. The van der Waals surface area contributed by atoms with E-state index in [4.69, 9.17) is 0 Å². The van der Waals surface area contributed by atoms with Gasteiger partial charge in [-0.1, -0.05) is 47.0 Å². The Hall–Kier alpha value is -0.0400. The van der Waals surface area contributed by atoms with Crippen molar-refractivity contribution in [3.05, 3.63) is 0 Å². The fourth-order valence-corrected chi connectivity index (χ4v) is 4.59. The molecular formula is C18H35N. The van der Waals surface area contributed by atoms with Crippen LogP contribution < -0.4 is 5.32 Å². The molecule has 3 atom stereocenters. The van der Waals surface area contributed by atoms with Gasteiger partial charge in [-0.25, -0.2) is 0 Å². The van der Waals surface area contributed by atoms with Crippen LogP contribution in [0.25, 0.3) is 0 Å². The van der Waals surface area contributed by atoms with Gasteiger partial charge in [0.1, 0.15) is 0 Å². The summed E-state index contributed by atoms with van der Waals surface area (Å²) in [5.41, 5.74) is 0.574. The second-order valence-corrected chi connectivity index (χ2v) is 8.07. The van der Waals surface area contributed by atoms with E-state index >= 15 is 0 Å². The monoisotopic (exact) mass is 265 g/mol. The average molecular weight is 265 g/mol. The molecular weight excluding hydrogens is 230 g/mol. The van der Waals surface area contributed by atoms with Crippen molar-refractivity contribution in [2.24, 2.45) is 17.3 Å². The molecule has 2 saturated carbocycles. The molecule has 3 unspecified atom stereocenters. The first-order chi connectivity index (χ1) is 9.02. The number of nitrogens with one attached hydrogen (secondary N) is 1. The van der Waals surface area contributed by atoms with E-state index < -0.39 is 0 Å². The van der Waals surface area contributed by atoms with Gasteiger partial charge in [-0.2, -0.15) is 0 Å². The summed E-state index contributed by atoms with van der Waals surface area (Å²) in [5.74, 6) is 1.81. The standard InChI is InChI=1S/C18H35N/c1-5-16(15-9-7-6-8-10-15)19-17-11-12-18(3,4)13-14(17)2/h14-17,19H,5-13H2,1-4H3. The van der Waals surface area contributed by atoms with E-state index in [0.717, 1.165) is 23.9 Å². The number of rotatable bonds is 4. The molecule has 0 saturated heterocycles. The Kier molecular flexibility index (Phi) is 5.34. The molecule has 112 valence electrons. The molecule has 2 aliphatic carbocycles. The van der Waals surface area contributed by atoms with E-state index in [-0.39, 0.29) is 0 Å². The van der Waals surface area contributed by atoms with E-state index in [9.17, 15) is 0 Å². The zero-order valence-corrected chi connectivity index (χ0v) is 13.7. The van der Waals surface area contributed by atoms with E-state index in [1.54, 1.807) is 0 Å². The molecule has 0 amide bonds. The van der Waals surface area contributed by atoms with Crippen molar-refractivity contribution in [1.29, 1.82) is 0 Å². The first-order valence-electron chi connectivity index (χ1n) is 8.78. The highest BCUT2D eigenvalue weighted by Crippen LogP contribution is 2.39. The van der Waals surface area contributed by atoms with Gasteiger partial charge in [0.2, 0.25) is 0 Å². The summed E-state index contributed by atoms with van der Waals surface area (Å²) in [6.07, 6.45) is 12.8. The number of hydrogen-bond acceptors (Lipinski definition) is 1. The summed E-state index contributed by atoms with van der Waals surface area (Å²) in [4.78, 5) is 0. The van der Waals surface area contributed by atoms with Crippen molar-refractivity contribution in [3.8, 4) is 0 Å². The molecule has 0 heterocycles. The number of hydrogen-bond donors (Lipinski definition) is 1. The van der Waals surface area contributed by atoms with E-state index in [1.165, 1.54) is 57.8 Å². The molecule has 1 nitrogen and oxygen atoms in total. The quantitative estimate of drug-likeness (QED) is 0.741. The summed E-state index contributed by atoms with van der Waals surface area (Å²) < 4.78 is 0. The average Bonchev–Trinajstić information content (AvgIpc) is 2.38. The molecule has 1 N–H and O–H groups in total. The van der Waals surface area contributed by atoms with Gasteiger partial charge in [0, 0.05) is 12.1 Å². The summed E-state index contributed by atoms with van der Waals surface area (Å²) in [6.45, 7) is 9.73. The van der Waals surface area contributed by atoms with Crippen molar-refractivity contribution in [2.75, 3.05) is 0 Å². The van der Waals surface area contributed by atoms with Crippen LogP contribution in [-0.4, -0.2) is 12.1 Å². The van der Waals surface area contributed by atoms with Crippen molar-refractivity contribution in [2.45, 2.75) is 97.6 Å². The summed E-state index contributed by atoms with van der Waals surface area (Å²) in [5, 5.41) is 4.06. The molecule has 0 aliphatic heterocycles. The minimum absolute atomic E-state index is 0.574. The zero-order valence-electron chi connectivity index (χ0n) is 13.7. The van der Waals surface area contributed by atoms with Crippen LogP contribution in [0, 0.1) is 17.3 Å². The first-order valence-corrected chi connectivity index (χ1v) is 8.78. The van der Waals surface area contributed by atoms with Gasteiger partial charge in [-0.05, 0) is 55.8 Å². The van der Waals surface area contributed by atoms with Gasteiger partial charge in [0.25, 0.3) is 0 Å². The fraction of sp³-hybridized carbons (Fsp3) is 1.00. The molecule has 0 aromatic rings. The third kappa shape index (κ3) is 4.21. The molecule has 2 fully saturated rings. The predicted octanol–water partition coefficient (Wildman–Crippen LogP) is 5.15. The largest absolute Gasteiger partial charge is 0.311 e. The maximum absolute atomic E-state index is 4.06. The second-order valence-electron chi connectivity index (χ2n) is 8.07.